The maximum atomic E-state index is 4.32. The maximum Gasteiger partial charge on any atom is 0.0234 e. The first-order chi connectivity index (χ1) is 12.3. The molecule has 0 saturated carbocycles. The van der Waals surface area contributed by atoms with E-state index in [1.54, 1.807) is 0 Å². The largest absolute Gasteiger partial charge is 0.298 e. The molecule has 0 aliphatic carbocycles. The molecule has 0 aliphatic heterocycles. The highest BCUT2D eigenvalue weighted by Gasteiger charge is 2.13. The van der Waals surface area contributed by atoms with Crippen LogP contribution < -0.4 is 0 Å². The van der Waals surface area contributed by atoms with E-state index in [4.69, 9.17) is 0 Å². The van der Waals surface area contributed by atoms with E-state index in [0.717, 1.165) is 18.7 Å². The third kappa shape index (κ3) is 4.42. The fourth-order valence-electron chi connectivity index (χ4n) is 3.30. The van der Waals surface area contributed by atoms with Gasteiger partial charge in [-0.05, 0) is 51.6 Å². The van der Waals surface area contributed by atoms with Gasteiger partial charge in [-0.15, -0.1) is 0 Å². The Morgan fingerprint density at radius 3 is 2.19 bits per heavy atom. The number of fused-ring (bicyclic) bond motifs is 1. The minimum Gasteiger partial charge on any atom is -0.298 e. The van der Waals surface area contributed by atoms with Gasteiger partial charge in [0.05, 0.1) is 0 Å². The molecular weight excluding hydrogens is 314 g/mol. The molecule has 0 bridgehead atoms. The number of nitrogens with zero attached hydrogens (tertiary/aromatic N) is 1. The Morgan fingerprint density at radius 1 is 0.885 bits per heavy atom. The van der Waals surface area contributed by atoms with Crippen molar-refractivity contribution in [2.75, 3.05) is 13.6 Å². The summed E-state index contributed by atoms with van der Waals surface area (Å²) in [7, 11) is 2.16. The molecule has 0 amide bonds. The predicted molar refractivity (Wildman–Crippen MR) is 114 cm³/mol. The second-order valence-corrected chi connectivity index (χ2v) is 8.28. The summed E-state index contributed by atoms with van der Waals surface area (Å²) in [5.74, 6) is 0. The second kappa shape index (κ2) is 7.47. The van der Waals surface area contributed by atoms with Gasteiger partial charge in [-0.25, -0.2) is 0 Å². The van der Waals surface area contributed by atoms with Crippen molar-refractivity contribution in [3.63, 3.8) is 0 Å². The molecule has 0 heterocycles. The van der Waals surface area contributed by atoms with Crippen molar-refractivity contribution in [2.45, 2.75) is 32.7 Å². The van der Waals surface area contributed by atoms with Crippen LogP contribution in [0.1, 0.15) is 37.5 Å². The molecule has 26 heavy (non-hydrogen) atoms. The Labute approximate surface area is 158 Å². The van der Waals surface area contributed by atoms with Crippen LogP contribution in [0.15, 0.2) is 73.3 Å². The predicted octanol–water partition coefficient (Wildman–Crippen LogP) is 6.28. The molecule has 1 nitrogen and oxygen atoms in total. The molecule has 0 fully saturated rings. The van der Waals surface area contributed by atoms with E-state index in [1.165, 1.54) is 27.5 Å². The summed E-state index contributed by atoms with van der Waals surface area (Å²) in [5, 5.41) is 2.54. The summed E-state index contributed by atoms with van der Waals surface area (Å²) in [5.41, 5.74) is 5.30. The molecule has 0 spiro atoms. The standard InChI is InChI=1S/C25H29N/c1-19(22-13-12-21-8-6-7-9-23(21)16-22)17-26(5)18-20-10-14-24(15-11-20)25(2,3)4/h6-16H,1,17-18H2,2-5H3. The SMILES string of the molecule is C=C(CN(C)Cc1ccc(C(C)(C)C)cc1)c1ccc2ccccc2c1. The van der Waals surface area contributed by atoms with Crippen LogP contribution in [0, 0.1) is 0 Å². The van der Waals surface area contributed by atoms with Gasteiger partial charge in [0.1, 0.15) is 0 Å². The van der Waals surface area contributed by atoms with Crippen molar-refractivity contribution in [1.82, 2.24) is 4.90 Å². The lowest BCUT2D eigenvalue weighted by atomic mass is 9.87. The van der Waals surface area contributed by atoms with E-state index in [0.29, 0.717) is 0 Å². The highest BCUT2D eigenvalue weighted by molar-refractivity contribution is 5.86. The lowest BCUT2D eigenvalue weighted by molar-refractivity contribution is 0.369. The van der Waals surface area contributed by atoms with Gasteiger partial charge in [0.25, 0.3) is 0 Å². The van der Waals surface area contributed by atoms with Crippen LogP contribution in [0.25, 0.3) is 16.3 Å². The molecule has 3 aromatic carbocycles. The molecule has 0 radical (unpaired) electrons. The molecule has 3 rings (SSSR count). The van der Waals surface area contributed by atoms with Gasteiger partial charge in [-0.3, -0.25) is 4.90 Å². The molecule has 3 aromatic rings. The monoisotopic (exact) mass is 343 g/mol. The molecule has 0 unspecified atom stereocenters. The van der Waals surface area contributed by atoms with Crippen molar-refractivity contribution < 1.29 is 0 Å². The minimum absolute atomic E-state index is 0.203. The zero-order valence-corrected chi connectivity index (χ0v) is 16.4. The van der Waals surface area contributed by atoms with Crippen molar-refractivity contribution in [3.8, 4) is 0 Å². The molecule has 0 saturated heterocycles. The smallest absolute Gasteiger partial charge is 0.0234 e. The number of hydrogen-bond donors (Lipinski definition) is 0. The number of rotatable bonds is 5. The molecular formula is C25H29N. The first kappa shape index (κ1) is 18.4. The zero-order chi connectivity index (χ0) is 18.7. The number of hydrogen-bond acceptors (Lipinski definition) is 1. The molecule has 0 N–H and O–H groups in total. The highest BCUT2D eigenvalue weighted by atomic mass is 15.1. The van der Waals surface area contributed by atoms with E-state index in [2.05, 4.69) is 106 Å². The lowest BCUT2D eigenvalue weighted by Gasteiger charge is -2.21. The van der Waals surface area contributed by atoms with Crippen LogP contribution in [0.5, 0.6) is 0 Å². The van der Waals surface area contributed by atoms with Gasteiger partial charge in [0.15, 0.2) is 0 Å². The van der Waals surface area contributed by atoms with Crippen LogP contribution in [0.2, 0.25) is 0 Å². The van der Waals surface area contributed by atoms with E-state index in [9.17, 15) is 0 Å². The summed E-state index contributed by atoms with van der Waals surface area (Å²) in [4.78, 5) is 2.32. The van der Waals surface area contributed by atoms with Gasteiger partial charge in [-0.2, -0.15) is 0 Å². The van der Waals surface area contributed by atoms with Crippen LogP contribution in [-0.2, 0) is 12.0 Å². The van der Waals surface area contributed by atoms with Crippen molar-refractivity contribution in [2.24, 2.45) is 0 Å². The van der Waals surface area contributed by atoms with E-state index >= 15 is 0 Å². The molecule has 0 aromatic heterocycles. The summed E-state index contributed by atoms with van der Waals surface area (Å²) >= 11 is 0. The normalized spacial score (nSPS) is 11.9. The van der Waals surface area contributed by atoms with Crippen molar-refractivity contribution in [3.05, 3.63) is 90.0 Å². The van der Waals surface area contributed by atoms with Gasteiger partial charge in [0, 0.05) is 13.1 Å². The fourth-order valence-corrected chi connectivity index (χ4v) is 3.30. The molecule has 134 valence electrons. The molecule has 0 atom stereocenters. The van der Waals surface area contributed by atoms with Crippen LogP contribution >= 0.6 is 0 Å². The number of likely N-dealkylation sites (N-methyl/N-ethyl adjacent to an activating group) is 1. The quantitative estimate of drug-likeness (QED) is 0.527. The van der Waals surface area contributed by atoms with Gasteiger partial charge in [0.2, 0.25) is 0 Å². The maximum absolute atomic E-state index is 4.32. The Bertz CT molecular complexity index is 897. The molecule has 1 heteroatoms. The first-order valence-electron chi connectivity index (χ1n) is 9.28. The summed E-state index contributed by atoms with van der Waals surface area (Å²) in [6.07, 6.45) is 0. The minimum atomic E-state index is 0.203. The third-order valence-corrected chi connectivity index (χ3v) is 4.89. The fraction of sp³-hybridized carbons (Fsp3) is 0.280. The van der Waals surface area contributed by atoms with Crippen molar-refractivity contribution >= 4 is 16.3 Å². The van der Waals surface area contributed by atoms with Crippen LogP contribution in [0.4, 0.5) is 0 Å². The second-order valence-electron chi connectivity index (χ2n) is 8.28. The third-order valence-electron chi connectivity index (χ3n) is 4.89. The first-order valence-corrected chi connectivity index (χ1v) is 9.28. The average Bonchev–Trinajstić information content (AvgIpc) is 2.61. The van der Waals surface area contributed by atoms with E-state index < -0.39 is 0 Å². The lowest BCUT2D eigenvalue weighted by Crippen LogP contribution is -2.20. The molecule has 0 aliphatic rings. The van der Waals surface area contributed by atoms with Gasteiger partial charge < -0.3 is 0 Å². The van der Waals surface area contributed by atoms with Crippen molar-refractivity contribution in [1.29, 1.82) is 0 Å². The Morgan fingerprint density at radius 2 is 1.54 bits per heavy atom. The Hall–Kier alpha value is -2.38. The van der Waals surface area contributed by atoms with E-state index in [1.807, 2.05) is 0 Å². The average molecular weight is 344 g/mol. The zero-order valence-electron chi connectivity index (χ0n) is 16.4. The summed E-state index contributed by atoms with van der Waals surface area (Å²) in [6, 6.07) is 24.1. The van der Waals surface area contributed by atoms with E-state index in [-0.39, 0.29) is 5.41 Å². The summed E-state index contributed by atoms with van der Waals surface area (Å²) < 4.78 is 0. The van der Waals surface area contributed by atoms with Gasteiger partial charge in [-0.1, -0.05) is 88.0 Å². The topological polar surface area (TPSA) is 3.24 Å². The summed E-state index contributed by atoms with van der Waals surface area (Å²) in [6.45, 7) is 12.9. The number of benzene rings is 3. The Kier molecular flexibility index (Phi) is 5.29. The highest BCUT2D eigenvalue weighted by Crippen LogP contribution is 2.23. The van der Waals surface area contributed by atoms with Crippen LogP contribution in [-0.4, -0.2) is 18.5 Å². The van der Waals surface area contributed by atoms with Crippen LogP contribution in [0.3, 0.4) is 0 Å². The Balaban J connectivity index is 1.65. The van der Waals surface area contributed by atoms with Gasteiger partial charge >= 0.3 is 0 Å².